The average molecular weight is 313 g/mol. The van der Waals surface area contributed by atoms with Crippen molar-refractivity contribution in [2.75, 3.05) is 11.9 Å². The average Bonchev–Trinajstić information content (AvgIpc) is 2.53. The minimum Gasteiger partial charge on any atom is -0.387 e. The molecule has 23 heavy (non-hydrogen) atoms. The quantitative estimate of drug-likeness (QED) is 0.811. The minimum absolute atomic E-state index is 0.0737. The lowest BCUT2D eigenvalue weighted by atomic mass is 9.86. The van der Waals surface area contributed by atoms with Crippen LogP contribution in [0.5, 0.6) is 0 Å². The Morgan fingerprint density at radius 2 is 1.87 bits per heavy atom. The van der Waals surface area contributed by atoms with Crippen molar-refractivity contribution in [2.24, 2.45) is 0 Å². The summed E-state index contributed by atoms with van der Waals surface area (Å²) in [6, 6.07) is 12.7. The number of nitrogens with zero attached hydrogens (tertiary/aromatic N) is 1. The molecule has 122 valence electrons. The SMILES string of the molecule is CC(C)(C)c1ccc(C(O)CNC(=O)Nc2ccccn2)cc1. The van der Waals surface area contributed by atoms with Crippen LogP contribution in [0.25, 0.3) is 0 Å². The molecule has 0 spiro atoms. The van der Waals surface area contributed by atoms with Gasteiger partial charge in [-0.15, -0.1) is 0 Å². The normalized spacial score (nSPS) is 12.5. The van der Waals surface area contributed by atoms with Gasteiger partial charge in [-0.05, 0) is 28.7 Å². The van der Waals surface area contributed by atoms with Crippen molar-refractivity contribution in [1.82, 2.24) is 10.3 Å². The van der Waals surface area contributed by atoms with Gasteiger partial charge in [0.05, 0.1) is 6.10 Å². The van der Waals surface area contributed by atoms with Gasteiger partial charge < -0.3 is 10.4 Å². The Balaban J connectivity index is 1.87. The molecule has 3 N–H and O–H groups in total. The fraction of sp³-hybridized carbons (Fsp3) is 0.333. The molecule has 1 aromatic heterocycles. The van der Waals surface area contributed by atoms with E-state index in [2.05, 4.69) is 36.4 Å². The van der Waals surface area contributed by atoms with Gasteiger partial charge in [0, 0.05) is 12.7 Å². The highest BCUT2D eigenvalue weighted by Gasteiger charge is 2.15. The minimum atomic E-state index is -0.751. The van der Waals surface area contributed by atoms with E-state index in [0.717, 1.165) is 5.56 Å². The molecule has 5 heteroatoms. The molecule has 2 rings (SSSR count). The second-order valence-corrected chi connectivity index (χ2v) is 6.44. The number of hydrogen-bond donors (Lipinski definition) is 3. The lowest BCUT2D eigenvalue weighted by Crippen LogP contribution is -2.32. The van der Waals surface area contributed by atoms with Crippen LogP contribution in [0.4, 0.5) is 10.6 Å². The zero-order valence-corrected chi connectivity index (χ0v) is 13.7. The third-order valence-electron chi connectivity index (χ3n) is 3.52. The lowest BCUT2D eigenvalue weighted by Gasteiger charge is -2.20. The molecule has 1 aromatic carbocycles. The maximum absolute atomic E-state index is 11.8. The zero-order valence-electron chi connectivity index (χ0n) is 13.7. The van der Waals surface area contributed by atoms with E-state index in [1.165, 1.54) is 5.56 Å². The van der Waals surface area contributed by atoms with Gasteiger partial charge in [0.1, 0.15) is 5.82 Å². The molecule has 1 atom stereocenters. The van der Waals surface area contributed by atoms with E-state index in [0.29, 0.717) is 5.82 Å². The largest absolute Gasteiger partial charge is 0.387 e. The first-order valence-corrected chi connectivity index (χ1v) is 7.60. The molecule has 0 aliphatic carbocycles. The monoisotopic (exact) mass is 313 g/mol. The van der Waals surface area contributed by atoms with E-state index < -0.39 is 12.1 Å². The van der Waals surface area contributed by atoms with Gasteiger partial charge >= 0.3 is 6.03 Å². The van der Waals surface area contributed by atoms with Crippen LogP contribution in [-0.4, -0.2) is 22.7 Å². The Morgan fingerprint density at radius 3 is 2.43 bits per heavy atom. The Kier molecular flexibility index (Phi) is 5.34. The standard InChI is InChI=1S/C18H23N3O2/c1-18(2,3)14-9-7-13(8-10-14)15(22)12-20-17(23)21-16-6-4-5-11-19-16/h4-11,15,22H,12H2,1-3H3,(H2,19,20,21,23). The number of carbonyl (C=O) groups is 1. The third kappa shape index (κ3) is 5.07. The number of benzene rings is 1. The molecular weight excluding hydrogens is 290 g/mol. The number of nitrogens with one attached hydrogen (secondary N) is 2. The molecule has 0 aliphatic heterocycles. The number of amides is 2. The van der Waals surface area contributed by atoms with E-state index in [1.807, 2.05) is 24.3 Å². The first-order valence-electron chi connectivity index (χ1n) is 7.60. The number of urea groups is 1. The van der Waals surface area contributed by atoms with E-state index in [4.69, 9.17) is 0 Å². The Morgan fingerprint density at radius 1 is 1.17 bits per heavy atom. The fourth-order valence-corrected chi connectivity index (χ4v) is 2.11. The van der Waals surface area contributed by atoms with E-state index in [-0.39, 0.29) is 12.0 Å². The summed E-state index contributed by atoms with van der Waals surface area (Å²) in [5.74, 6) is 0.467. The second-order valence-electron chi connectivity index (χ2n) is 6.44. The van der Waals surface area contributed by atoms with E-state index >= 15 is 0 Å². The number of anilines is 1. The third-order valence-corrected chi connectivity index (χ3v) is 3.52. The molecule has 2 amide bonds. The number of rotatable bonds is 4. The van der Waals surface area contributed by atoms with Gasteiger partial charge in [-0.25, -0.2) is 9.78 Å². The molecule has 0 fully saturated rings. The van der Waals surface area contributed by atoms with Gasteiger partial charge in [-0.3, -0.25) is 5.32 Å². The summed E-state index contributed by atoms with van der Waals surface area (Å²) < 4.78 is 0. The number of aliphatic hydroxyl groups excluding tert-OH is 1. The highest BCUT2D eigenvalue weighted by molar-refractivity contribution is 5.88. The predicted molar refractivity (Wildman–Crippen MR) is 91.4 cm³/mol. The molecule has 0 radical (unpaired) electrons. The van der Waals surface area contributed by atoms with Crippen molar-refractivity contribution in [1.29, 1.82) is 0 Å². The summed E-state index contributed by atoms with van der Waals surface area (Å²) in [5, 5.41) is 15.4. The van der Waals surface area contributed by atoms with Crippen molar-refractivity contribution in [3.05, 3.63) is 59.8 Å². The Labute approximate surface area is 136 Å². The first kappa shape index (κ1) is 17.0. The number of aliphatic hydroxyl groups is 1. The van der Waals surface area contributed by atoms with Gasteiger partial charge in [0.2, 0.25) is 0 Å². The van der Waals surface area contributed by atoms with E-state index in [1.54, 1.807) is 24.4 Å². The van der Waals surface area contributed by atoms with Crippen LogP contribution in [0.1, 0.15) is 38.0 Å². The Hall–Kier alpha value is -2.40. The Bertz CT molecular complexity index is 634. The molecule has 0 saturated carbocycles. The molecular formula is C18H23N3O2. The van der Waals surface area contributed by atoms with Crippen molar-refractivity contribution in [2.45, 2.75) is 32.3 Å². The molecule has 2 aromatic rings. The molecule has 5 nitrogen and oxygen atoms in total. The van der Waals surface area contributed by atoms with Crippen molar-refractivity contribution in [3.8, 4) is 0 Å². The van der Waals surface area contributed by atoms with Crippen LogP contribution in [0.3, 0.4) is 0 Å². The van der Waals surface area contributed by atoms with Crippen LogP contribution < -0.4 is 10.6 Å². The van der Waals surface area contributed by atoms with Crippen LogP contribution in [0, 0.1) is 0 Å². The summed E-state index contributed by atoms with van der Waals surface area (Å²) in [4.78, 5) is 15.8. The summed E-state index contributed by atoms with van der Waals surface area (Å²) >= 11 is 0. The highest BCUT2D eigenvalue weighted by atomic mass is 16.3. The topological polar surface area (TPSA) is 74.2 Å². The summed E-state index contributed by atoms with van der Waals surface area (Å²) in [6.45, 7) is 6.55. The van der Waals surface area contributed by atoms with Crippen LogP contribution in [0.2, 0.25) is 0 Å². The highest BCUT2D eigenvalue weighted by Crippen LogP contribution is 2.23. The first-order chi connectivity index (χ1) is 10.9. The van der Waals surface area contributed by atoms with Crippen LogP contribution >= 0.6 is 0 Å². The van der Waals surface area contributed by atoms with Gasteiger partial charge in [0.25, 0.3) is 0 Å². The molecule has 1 unspecified atom stereocenters. The van der Waals surface area contributed by atoms with Gasteiger partial charge in [0.15, 0.2) is 0 Å². The van der Waals surface area contributed by atoms with E-state index in [9.17, 15) is 9.90 Å². The summed E-state index contributed by atoms with van der Waals surface area (Å²) in [6.07, 6.45) is 0.847. The molecule has 0 bridgehead atoms. The lowest BCUT2D eigenvalue weighted by molar-refractivity contribution is 0.175. The van der Waals surface area contributed by atoms with Gasteiger partial charge in [-0.1, -0.05) is 51.1 Å². The molecule has 1 heterocycles. The summed E-state index contributed by atoms with van der Waals surface area (Å²) in [5.41, 5.74) is 2.05. The maximum atomic E-state index is 11.8. The van der Waals surface area contributed by atoms with Crippen molar-refractivity contribution in [3.63, 3.8) is 0 Å². The fourth-order valence-electron chi connectivity index (χ4n) is 2.11. The number of aromatic nitrogens is 1. The van der Waals surface area contributed by atoms with Crippen molar-refractivity contribution < 1.29 is 9.90 Å². The smallest absolute Gasteiger partial charge is 0.320 e. The zero-order chi connectivity index (χ0) is 16.9. The molecule has 0 aliphatic rings. The number of pyridine rings is 1. The van der Waals surface area contributed by atoms with Gasteiger partial charge in [-0.2, -0.15) is 0 Å². The number of hydrogen-bond acceptors (Lipinski definition) is 3. The van der Waals surface area contributed by atoms with Crippen molar-refractivity contribution >= 4 is 11.8 Å². The second kappa shape index (κ2) is 7.24. The summed E-state index contributed by atoms with van der Waals surface area (Å²) in [7, 11) is 0. The predicted octanol–water partition coefficient (Wildman–Crippen LogP) is 3.23. The maximum Gasteiger partial charge on any atom is 0.320 e. The molecule has 0 saturated heterocycles. The van der Waals surface area contributed by atoms with Crippen LogP contribution in [-0.2, 0) is 5.41 Å². The van der Waals surface area contributed by atoms with Crippen LogP contribution in [0.15, 0.2) is 48.7 Å². The number of carbonyl (C=O) groups excluding carboxylic acids is 1.